The molecule has 4 nitrogen and oxygen atoms in total. The summed E-state index contributed by atoms with van der Waals surface area (Å²) in [5.41, 5.74) is 11.7. The third-order valence-corrected chi connectivity index (χ3v) is 2.98. The molecule has 1 unspecified atom stereocenters. The maximum Gasteiger partial charge on any atom is 0.249 e. The summed E-state index contributed by atoms with van der Waals surface area (Å²) in [7, 11) is 0. The van der Waals surface area contributed by atoms with Crippen LogP contribution in [0.5, 0.6) is 0 Å². The number of carbonyl (C=O) groups is 2. The maximum atomic E-state index is 10.1. The van der Waals surface area contributed by atoms with Gasteiger partial charge in [-0.1, -0.05) is 38.4 Å². The van der Waals surface area contributed by atoms with Crippen molar-refractivity contribution in [3.05, 3.63) is 18.4 Å². The molecule has 1 atom stereocenters. The van der Waals surface area contributed by atoms with E-state index in [2.05, 4.69) is 49.9 Å². The Labute approximate surface area is 93.3 Å². The summed E-state index contributed by atoms with van der Waals surface area (Å²) in [6.45, 7) is 3.12. The average molecular weight is 314 g/mol. The summed E-state index contributed by atoms with van der Waals surface area (Å²) < 4.78 is 0. The van der Waals surface area contributed by atoms with E-state index in [1.54, 1.807) is 0 Å². The second-order valence-electron chi connectivity index (χ2n) is 1.78. The highest BCUT2D eigenvalue weighted by molar-refractivity contribution is 9.12. The van der Waals surface area contributed by atoms with Gasteiger partial charge in [0.15, 0.2) is 0 Å². The van der Waals surface area contributed by atoms with Crippen molar-refractivity contribution in [2.24, 2.45) is 11.5 Å². The molecule has 13 heavy (non-hydrogen) atoms. The van der Waals surface area contributed by atoms with E-state index in [1.165, 1.54) is 0 Å². The molecular weight excluding hydrogens is 304 g/mol. The summed E-state index contributed by atoms with van der Waals surface area (Å²) in [5.74, 6) is -0.845. The Morgan fingerprint density at radius 3 is 2.00 bits per heavy atom. The van der Waals surface area contributed by atoms with Crippen LogP contribution >= 0.6 is 31.9 Å². The van der Waals surface area contributed by atoms with Crippen molar-refractivity contribution in [1.29, 1.82) is 0 Å². The van der Waals surface area contributed by atoms with Crippen molar-refractivity contribution in [2.75, 3.05) is 5.33 Å². The summed E-state index contributed by atoms with van der Waals surface area (Å²) in [6.07, 6.45) is 1.07. The first-order chi connectivity index (χ1) is 5.95. The van der Waals surface area contributed by atoms with Crippen molar-refractivity contribution < 1.29 is 9.59 Å². The Kier molecular flexibility index (Phi) is 10.9. The standard InChI is InChI=1S/C4H5NO.C3H5Br2NO/c1-2-3-4(5)6;4-1-2(5)3(6)7/h3H,1H2,(H2,5,6);2H,1H2,(H2,6,7). The molecule has 0 saturated carbocycles. The first-order valence-electron chi connectivity index (χ1n) is 3.10. The molecule has 0 fully saturated rings. The lowest BCUT2D eigenvalue weighted by molar-refractivity contribution is -0.117. The SMILES string of the molecule is C=C=CC(N)=O.NC(=O)C(Br)CBr. The van der Waals surface area contributed by atoms with Crippen molar-refractivity contribution >= 4 is 43.7 Å². The van der Waals surface area contributed by atoms with Gasteiger partial charge in [-0.3, -0.25) is 9.59 Å². The smallest absolute Gasteiger partial charge is 0.249 e. The van der Waals surface area contributed by atoms with E-state index in [4.69, 9.17) is 5.73 Å². The zero-order valence-corrected chi connectivity index (χ0v) is 9.97. The highest BCUT2D eigenvalue weighted by Crippen LogP contribution is 2.00. The first-order valence-corrected chi connectivity index (χ1v) is 5.14. The van der Waals surface area contributed by atoms with E-state index >= 15 is 0 Å². The predicted molar refractivity (Wildman–Crippen MR) is 58.6 cm³/mol. The molecule has 0 rings (SSSR count). The second kappa shape index (κ2) is 9.51. The quantitative estimate of drug-likeness (QED) is 0.450. The number of carbonyl (C=O) groups excluding carboxylic acids is 2. The first kappa shape index (κ1) is 14.9. The Morgan fingerprint density at radius 1 is 1.54 bits per heavy atom. The molecule has 0 bridgehead atoms. The average Bonchev–Trinajstić information content (AvgIpc) is 2.03. The lowest BCUT2D eigenvalue weighted by atomic mass is 10.5. The van der Waals surface area contributed by atoms with Gasteiger partial charge in [-0.05, 0) is 0 Å². The van der Waals surface area contributed by atoms with Crippen LogP contribution in [0.25, 0.3) is 0 Å². The number of nitrogens with two attached hydrogens (primary N) is 2. The number of alkyl halides is 2. The van der Waals surface area contributed by atoms with Crippen LogP contribution in [0.4, 0.5) is 0 Å². The van der Waals surface area contributed by atoms with Gasteiger partial charge >= 0.3 is 0 Å². The van der Waals surface area contributed by atoms with Gasteiger partial charge < -0.3 is 11.5 Å². The molecule has 0 aromatic rings. The molecule has 0 aromatic heterocycles. The number of hydrogen-bond donors (Lipinski definition) is 2. The Hall–Kier alpha value is -0.580. The fraction of sp³-hybridized carbons (Fsp3) is 0.286. The van der Waals surface area contributed by atoms with Crippen LogP contribution < -0.4 is 11.5 Å². The van der Waals surface area contributed by atoms with Crippen molar-refractivity contribution in [3.63, 3.8) is 0 Å². The molecule has 0 aliphatic heterocycles. The largest absolute Gasteiger partial charge is 0.369 e. The van der Waals surface area contributed by atoms with E-state index in [1.807, 2.05) is 0 Å². The lowest BCUT2D eigenvalue weighted by Crippen LogP contribution is -2.23. The van der Waals surface area contributed by atoms with E-state index in [9.17, 15) is 9.59 Å². The molecule has 74 valence electrons. The second-order valence-corrected chi connectivity index (χ2v) is 3.53. The fourth-order valence-corrected chi connectivity index (χ4v) is 0.496. The number of hydrogen-bond acceptors (Lipinski definition) is 2. The van der Waals surface area contributed by atoms with E-state index in [0.29, 0.717) is 5.33 Å². The highest BCUT2D eigenvalue weighted by Gasteiger charge is 2.05. The van der Waals surface area contributed by atoms with Gasteiger partial charge in [0.1, 0.15) is 4.83 Å². The fourth-order valence-electron chi connectivity index (χ4n) is 0.177. The number of halogens is 2. The summed E-state index contributed by atoms with van der Waals surface area (Å²) in [4.78, 5) is 19.5. The summed E-state index contributed by atoms with van der Waals surface area (Å²) in [5, 5.41) is 0.572. The minimum atomic E-state index is -0.509. The van der Waals surface area contributed by atoms with Gasteiger partial charge in [0, 0.05) is 11.4 Å². The Morgan fingerprint density at radius 2 is 2.00 bits per heavy atom. The van der Waals surface area contributed by atoms with Crippen LogP contribution in [0.3, 0.4) is 0 Å². The molecule has 0 heterocycles. The Bertz CT molecular complexity index is 225. The molecule has 6 heteroatoms. The lowest BCUT2D eigenvalue weighted by Gasteiger charge is -1.94. The predicted octanol–water partition coefficient (Wildman–Crippen LogP) is 0.443. The molecule has 2 amide bonds. The van der Waals surface area contributed by atoms with Gasteiger partial charge in [0.25, 0.3) is 0 Å². The molecule has 0 radical (unpaired) electrons. The van der Waals surface area contributed by atoms with Gasteiger partial charge in [0.2, 0.25) is 11.8 Å². The maximum absolute atomic E-state index is 10.1. The third-order valence-electron chi connectivity index (χ3n) is 0.689. The van der Waals surface area contributed by atoms with Crippen LogP contribution in [-0.2, 0) is 9.59 Å². The van der Waals surface area contributed by atoms with Gasteiger partial charge in [-0.25, -0.2) is 0 Å². The van der Waals surface area contributed by atoms with Crippen molar-refractivity contribution in [3.8, 4) is 0 Å². The van der Waals surface area contributed by atoms with Crippen LogP contribution in [0, 0.1) is 0 Å². The number of primary amides is 2. The summed E-state index contributed by atoms with van der Waals surface area (Å²) >= 11 is 6.09. The van der Waals surface area contributed by atoms with Crippen molar-refractivity contribution in [2.45, 2.75) is 4.83 Å². The van der Waals surface area contributed by atoms with Gasteiger partial charge in [-0.15, -0.1) is 5.73 Å². The number of amides is 2. The van der Waals surface area contributed by atoms with Crippen molar-refractivity contribution in [1.82, 2.24) is 0 Å². The molecule has 0 aliphatic rings. The molecule has 4 N–H and O–H groups in total. The van der Waals surface area contributed by atoms with E-state index in [0.717, 1.165) is 6.08 Å². The zero-order chi connectivity index (χ0) is 10.9. The monoisotopic (exact) mass is 312 g/mol. The topological polar surface area (TPSA) is 86.2 Å². The molecular formula is C7H10Br2N2O2. The normalized spacial score (nSPS) is 10.0. The third kappa shape index (κ3) is 14.3. The minimum absolute atomic E-state index is 0.229. The zero-order valence-electron chi connectivity index (χ0n) is 6.80. The molecule has 0 saturated heterocycles. The van der Waals surface area contributed by atoms with Crippen LogP contribution in [0.2, 0.25) is 0 Å². The summed E-state index contributed by atoms with van der Waals surface area (Å²) in [6, 6.07) is 0. The van der Waals surface area contributed by atoms with Crippen LogP contribution in [0.1, 0.15) is 0 Å². The Balaban J connectivity index is 0. The van der Waals surface area contributed by atoms with E-state index in [-0.39, 0.29) is 10.7 Å². The minimum Gasteiger partial charge on any atom is -0.369 e. The highest BCUT2D eigenvalue weighted by atomic mass is 79.9. The van der Waals surface area contributed by atoms with Gasteiger partial charge in [-0.2, -0.15) is 0 Å². The van der Waals surface area contributed by atoms with Crippen LogP contribution in [-0.4, -0.2) is 22.0 Å². The van der Waals surface area contributed by atoms with Gasteiger partial charge in [0.05, 0.1) is 0 Å². The molecule has 0 aliphatic carbocycles. The van der Waals surface area contributed by atoms with E-state index < -0.39 is 5.91 Å². The van der Waals surface area contributed by atoms with Crippen LogP contribution in [0.15, 0.2) is 18.4 Å². The molecule has 0 aromatic carbocycles. The molecule has 0 spiro atoms. The number of rotatable bonds is 3.